The van der Waals surface area contributed by atoms with Crippen molar-refractivity contribution in [3.63, 3.8) is 0 Å². The predicted molar refractivity (Wildman–Crippen MR) is 92.9 cm³/mol. The van der Waals surface area contributed by atoms with Gasteiger partial charge in [-0.15, -0.1) is 0 Å². The summed E-state index contributed by atoms with van der Waals surface area (Å²) in [6.07, 6.45) is 0. The van der Waals surface area contributed by atoms with Crippen LogP contribution in [0, 0.1) is 11.3 Å². The third-order valence-electron chi connectivity index (χ3n) is 5.42. The Labute approximate surface area is 148 Å². The van der Waals surface area contributed by atoms with E-state index in [4.69, 9.17) is 4.74 Å². The molecule has 0 radical (unpaired) electrons. The van der Waals surface area contributed by atoms with Crippen molar-refractivity contribution in [1.29, 1.82) is 0 Å². The first kappa shape index (κ1) is 18.2. The van der Waals surface area contributed by atoms with E-state index in [9.17, 15) is 18.3 Å². The van der Waals surface area contributed by atoms with Gasteiger partial charge < -0.3 is 9.84 Å². The fourth-order valence-electron chi connectivity index (χ4n) is 4.02. The lowest BCUT2D eigenvalue weighted by atomic mass is 9.81. The van der Waals surface area contributed by atoms with Gasteiger partial charge in [-0.2, -0.15) is 0 Å². The summed E-state index contributed by atoms with van der Waals surface area (Å²) in [6, 6.07) is 7.67. The van der Waals surface area contributed by atoms with E-state index in [0.29, 0.717) is 19.6 Å². The van der Waals surface area contributed by atoms with Gasteiger partial charge in [0.1, 0.15) is 5.75 Å². The van der Waals surface area contributed by atoms with Crippen molar-refractivity contribution in [2.45, 2.75) is 13.5 Å². The van der Waals surface area contributed by atoms with Crippen molar-refractivity contribution in [1.82, 2.24) is 9.21 Å². The highest BCUT2D eigenvalue weighted by Crippen LogP contribution is 2.44. The molecule has 0 saturated carbocycles. The lowest BCUT2D eigenvalue weighted by Gasteiger charge is -2.25. The molecule has 0 bridgehead atoms. The van der Waals surface area contributed by atoms with Crippen LogP contribution in [0.15, 0.2) is 24.3 Å². The van der Waals surface area contributed by atoms with E-state index in [1.54, 1.807) is 14.0 Å². The van der Waals surface area contributed by atoms with Crippen LogP contribution in [0.25, 0.3) is 0 Å². The number of fused-ring (bicyclic) bond motifs is 1. The van der Waals surface area contributed by atoms with Gasteiger partial charge in [-0.1, -0.05) is 18.2 Å². The summed E-state index contributed by atoms with van der Waals surface area (Å²) in [5.41, 5.74) is -0.0203. The number of sulfonamides is 1. The van der Waals surface area contributed by atoms with E-state index in [1.165, 1.54) is 4.31 Å². The molecule has 1 aromatic rings. The Bertz CT molecular complexity index is 766. The molecular formula is C17H24N2O5S. The Morgan fingerprint density at radius 3 is 2.64 bits per heavy atom. The first-order valence-corrected chi connectivity index (χ1v) is 9.99. The zero-order chi connectivity index (χ0) is 18.2. The van der Waals surface area contributed by atoms with Crippen LogP contribution in [0.3, 0.4) is 0 Å². The molecule has 2 atom stereocenters. The molecular weight excluding hydrogens is 344 g/mol. The van der Waals surface area contributed by atoms with Gasteiger partial charge in [-0.3, -0.25) is 9.69 Å². The molecule has 0 amide bonds. The summed E-state index contributed by atoms with van der Waals surface area (Å²) in [4.78, 5) is 14.1. The molecule has 1 N–H and O–H groups in total. The zero-order valence-corrected chi connectivity index (χ0v) is 15.3. The van der Waals surface area contributed by atoms with Gasteiger partial charge in [0.15, 0.2) is 0 Å². The van der Waals surface area contributed by atoms with Crippen LogP contribution in [0.4, 0.5) is 0 Å². The smallest absolute Gasteiger partial charge is 0.312 e. The highest BCUT2D eigenvalue weighted by atomic mass is 32.2. The van der Waals surface area contributed by atoms with Crippen LogP contribution < -0.4 is 4.74 Å². The number of nitrogens with zero attached hydrogens (tertiary/aromatic N) is 2. The van der Waals surface area contributed by atoms with E-state index in [-0.39, 0.29) is 24.8 Å². The van der Waals surface area contributed by atoms with Crippen LogP contribution in [-0.4, -0.2) is 67.7 Å². The van der Waals surface area contributed by atoms with E-state index in [2.05, 4.69) is 4.90 Å². The molecule has 2 heterocycles. The van der Waals surface area contributed by atoms with Crippen LogP contribution >= 0.6 is 0 Å². The number of hydrogen-bond donors (Lipinski definition) is 1. The third kappa shape index (κ3) is 3.14. The van der Waals surface area contributed by atoms with Crippen LogP contribution in [0.1, 0.15) is 12.5 Å². The Balaban J connectivity index is 1.79. The first-order valence-electron chi connectivity index (χ1n) is 8.38. The summed E-state index contributed by atoms with van der Waals surface area (Å²) < 4.78 is 31.0. The second-order valence-corrected chi connectivity index (χ2v) is 9.09. The average Bonchev–Trinajstić information content (AvgIpc) is 3.11. The van der Waals surface area contributed by atoms with Gasteiger partial charge in [0.05, 0.1) is 18.3 Å². The lowest BCUT2D eigenvalue weighted by molar-refractivity contribution is -0.148. The molecule has 2 aliphatic rings. The van der Waals surface area contributed by atoms with Crippen molar-refractivity contribution in [2.75, 3.05) is 39.0 Å². The number of carbonyl (C=O) groups is 1. The van der Waals surface area contributed by atoms with Gasteiger partial charge in [-0.05, 0) is 13.0 Å². The number of para-hydroxylation sites is 1. The van der Waals surface area contributed by atoms with Gasteiger partial charge in [0, 0.05) is 44.2 Å². The maximum atomic E-state index is 12.2. The normalized spacial score (nSPS) is 27.4. The monoisotopic (exact) mass is 368 g/mol. The standard InChI is InChI=1S/C17H24N2O5S/c1-3-25(22,23)19-10-14-9-18(11-17(14,12-19)16(20)21)8-13-6-4-5-7-15(13)24-2/h4-7,14H,3,8-12H2,1-2H3,(H,20,21)/t14-,17-/m0/s1. The van der Waals surface area contributed by atoms with Crippen molar-refractivity contribution in [3.05, 3.63) is 29.8 Å². The number of rotatable bonds is 6. The predicted octanol–water partition coefficient (Wildman–Crippen LogP) is 0.863. The highest BCUT2D eigenvalue weighted by molar-refractivity contribution is 7.89. The maximum Gasteiger partial charge on any atom is 0.312 e. The number of ether oxygens (including phenoxy) is 1. The molecule has 2 fully saturated rings. The van der Waals surface area contributed by atoms with Crippen LogP contribution in [-0.2, 0) is 21.4 Å². The molecule has 2 aliphatic heterocycles. The lowest BCUT2D eigenvalue weighted by Crippen LogP contribution is -2.42. The molecule has 7 nitrogen and oxygen atoms in total. The minimum Gasteiger partial charge on any atom is -0.496 e. The summed E-state index contributed by atoms with van der Waals surface area (Å²) >= 11 is 0. The van der Waals surface area contributed by atoms with E-state index >= 15 is 0 Å². The molecule has 3 rings (SSSR count). The second-order valence-electron chi connectivity index (χ2n) is 6.83. The summed E-state index contributed by atoms with van der Waals surface area (Å²) in [6.45, 7) is 3.44. The second kappa shape index (κ2) is 6.59. The third-order valence-corrected chi connectivity index (χ3v) is 7.21. The Hall–Kier alpha value is -1.64. The molecule has 25 heavy (non-hydrogen) atoms. The summed E-state index contributed by atoms with van der Waals surface area (Å²) in [5.74, 6) is -0.325. The number of hydrogen-bond acceptors (Lipinski definition) is 5. The number of benzene rings is 1. The SMILES string of the molecule is CCS(=O)(=O)N1C[C@@H]2CN(Cc3ccccc3OC)C[C@]2(C(=O)O)C1. The average molecular weight is 368 g/mol. The number of aliphatic carboxylic acids is 1. The summed E-state index contributed by atoms with van der Waals surface area (Å²) in [7, 11) is -1.75. The molecule has 2 saturated heterocycles. The molecule has 138 valence electrons. The number of carboxylic acids is 1. The number of likely N-dealkylation sites (tertiary alicyclic amines) is 1. The van der Waals surface area contributed by atoms with Crippen molar-refractivity contribution >= 4 is 16.0 Å². The largest absolute Gasteiger partial charge is 0.496 e. The Morgan fingerprint density at radius 2 is 2.04 bits per heavy atom. The van der Waals surface area contributed by atoms with E-state index < -0.39 is 21.4 Å². The molecule has 0 unspecified atom stereocenters. The van der Waals surface area contributed by atoms with Crippen molar-refractivity contribution in [3.8, 4) is 5.75 Å². The molecule has 0 aliphatic carbocycles. The number of methoxy groups -OCH3 is 1. The number of carboxylic acid groups (broad SMARTS) is 1. The Morgan fingerprint density at radius 1 is 1.32 bits per heavy atom. The van der Waals surface area contributed by atoms with Gasteiger partial charge in [0.2, 0.25) is 10.0 Å². The maximum absolute atomic E-state index is 12.2. The molecule has 1 aromatic carbocycles. The fraction of sp³-hybridized carbons (Fsp3) is 0.588. The molecule has 0 spiro atoms. The van der Waals surface area contributed by atoms with Crippen molar-refractivity contribution in [2.24, 2.45) is 11.3 Å². The topological polar surface area (TPSA) is 87.2 Å². The van der Waals surface area contributed by atoms with Gasteiger partial charge >= 0.3 is 5.97 Å². The van der Waals surface area contributed by atoms with Gasteiger partial charge in [-0.25, -0.2) is 12.7 Å². The van der Waals surface area contributed by atoms with Gasteiger partial charge in [0.25, 0.3) is 0 Å². The summed E-state index contributed by atoms with van der Waals surface area (Å²) in [5, 5.41) is 9.84. The van der Waals surface area contributed by atoms with Crippen molar-refractivity contribution < 1.29 is 23.1 Å². The first-order chi connectivity index (χ1) is 11.8. The molecule has 0 aromatic heterocycles. The zero-order valence-electron chi connectivity index (χ0n) is 14.5. The molecule has 8 heteroatoms. The quantitative estimate of drug-likeness (QED) is 0.802. The fourth-order valence-corrected chi connectivity index (χ4v) is 5.21. The van der Waals surface area contributed by atoms with Crippen LogP contribution in [0.2, 0.25) is 0 Å². The van der Waals surface area contributed by atoms with Crippen LogP contribution in [0.5, 0.6) is 5.75 Å². The Kier molecular flexibility index (Phi) is 4.78. The highest BCUT2D eigenvalue weighted by Gasteiger charge is 2.59. The minimum atomic E-state index is -3.37. The minimum absolute atomic E-state index is 0.000345. The van der Waals surface area contributed by atoms with E-state index in [1.807, 2.05) is 24.3 Å². The van der Waals surface area contributed by atoms with E-state index in [0.717, 1.165) is 11.3 Å².